The lowest BCUT2D eigenvalue weighted by Crippen LogP contribution is -2.12. The van der Waals surface area contributed by atoms with Crippen LogP contribution in [0.4, 0.5) is 5.69 Å². The molecule has 148 valence electrons. The van der Waals surface area contributed by atoms with Gasteiger partial charge in [-0.25, -0.2) is 4.98 Å². The number of benzene rings is 2. The van der Waals surface area contributed by atoms with Crippen LogP contribution in [0.3, 0.4) is 0 Å². The van der Waals surface area contributed by atoms with E-state index in [9.17, 15) is 4.79 Å². The summed E-state index contributed by atoms with van der Waals surface area (Å²) < 4.78 is 10.8. The number of anilines is 1. The molecule has 0 atom stereocenters. The maximum Gasteiger partial charge on any atom is 0.255 e. The van der Waals surface area contributed by atoms with Crippen molar-refractivity contribution in [1.82, 2.24) is 9.97 Å². The molecule has 0 aliphatic rings. The predicted octanol–water partition coefficient (Wildman–Crippen LogP) is 5.20. The Balaban J connectivity index is 1.44. The maximum atomic E-state index is 12.7. The summed E-state index contributed by atoms with van der Waals surface area (Å²) in [5.41, 5.74) is 2.63. The van der Waals surface area contributed by atoms with Gasteiger partial charge in [0.2, 0.25) is 5.88 Å². The molecule has 0 aliphatic carbocycles. The Kier molecular flexibility index (Phi) is 5.66. The molecule has 30 heavy (non-hydrogen) atoms. The van der Waals surface area contributed by atoms with Crippen molar-refractivity contribution in [2.24, 2.45) is 0 Å². The van der Waals surface area contributed by atoms with Crippen molar-refractivity contribution in [1.29, 1.82) is 0 Å². The second-order valence-corrected chi connectivity index (χ2v) is 6.41. The molecular formula is C24H19N3O3. The predicted molar refractivity (Wildman–Crippen MR) is 115 cm³/mol. The minimum atomic E-state index is -0.225. The van der Waals surface area contributed by atoms with E-state index in [1.807, 2.05) is 48.5 Å². The lowest BCUT2D eigenvalue weighted by atomic mass is 10.1. The number of methoxy groups -OCH3 is 1. The zero-order valence-electron chi connectivity index (χ0n) is 16.3. The van der Waals surface area contributed by atoms with E-state index in [0.717, 1.165) is 11.3 Å². The number of amides is 1. The van der Waals surface area contributed by atoms with Gasteiger partial charge in [0, 0.05) is 35.3 Å². The first kappa shape index (κ1) is 19.1. The van der Waals surface area contributed by atoms with E-state index in [-0.39, 0.29) is 5.91 Å². The van der Waals surface area contributed by atoms with Crippen LogP contribution in [0.5, 0.6) is 17.4 Å². The highest BCUT2D eigenvalue weighted by atomic mass is 16.5. The first-order valence-electron chi connectivity index (χ1n) is 9.32. The van der Waals surface area contributed by atoms with Crippen LogP contribution in [0, 0.1) is 0 Å². The molecule has 0 spiro atoms. The van der Waals surface area contributed by atoms with E-state index in [4.69, 9.17) is 9.47 Å². The van der Waals surface area contributed by atoms with Crippen molar-refractivity contribution in [3.8, 4) is 28.6 Å². The van der Waals surface area contributed by atoms with Gasteiger partial charge < -0.3 is 14.8 Å². The zero-order chi connectivity index (χ0) is 20.8. The van der Waals surface area contributed by atoms with Crippen molar-refractivity contribution >= 4 is 11.6 Å². The van der Waals surface area contributed by atoms with Crippen LogP contribution in [0.1, 0.15) is 10.4 Å². The Morgan fingerprint density at radius 1 is 0.867 bits per heavy atom. The summed E-state index contributed by atoms with van der Waals surface area (Å²) in [4.78, 5) is 21.2. The minimum absolute atomic E-state index is 0.225. The summed E-state index contributed by atoms with van der Waals surface area (Å²) in [6.07, 6.45) is 3.26. The SMILES string of the molecule is COc1ccc(-c2cc(C(=O)Nc3ccc(Oc4ccccc4)cc3)ccn2)cn1. The number of pyridine rings is 2. The van der Waals surface area contributed by atoms with E-state index < -0.39 is 0 Å². The van der Waals surface area contributed by atoms with Crippen molar-refractivity contribution in [2.45, 2.75) is 0 Å². The Hall–Kier alpha value is -4.19. The number of carbonyl (C=O) groups excluding carboxylic acids is 1. The highest BCUT2D eigenvalue weighted by Crippen LogP contribution is 2.23. The largest absolute Gasteiger partial charge is 0.481 e. The van der Waals surface area contributed by atoms with Gasteiger partial charge in [-0.1, -0.05) is 18.2 Å². The quantitative estimate of drug-likeness (QED) is 0.484. The van der Waals surface area contributed by atoms with Gasteiger partial charge in [-0.15, -0.1) is 0 Å². The van der Waals surface area contributed by atoms with Crippen LogP contribution in [-0.2, 0) is 0 Å². The monoisotopic (exact) mass is 397 g/mol. The van der Waals surface area contributed by atoms with Crippen LogP contribution in [0.15, 0.2) is 91.3 Å². The fourth-order valence-electron chi connectivity index (χ4n) is 2.82. The molecular weight excluding hydrogens is 378 g/mol. The molecule has 0 saturated heterocycles. The van der Waals surface area contributed by atoms with Crippen LogP contribution in [-0.4, -0.2) is 23.0 Å². The first-order valence-corrected chi connectivity index (χ1v) is 9.32. The average Bonchev–Trinajstić information content (AvgIpc) is 2.81. The average molecular weight is 397 g/mol. The van der Waals surface area contributed by atoms with Crippen molar-refractivity contribution < 1.29 is 14.3 Å². The lowest BCUT2D eigenvalue weighted by molar-refractivity contribution is 0.102. The van der Waals surface area contributed by atoms with Gasteiger partial charge >= 0.3 is 0 Å². The van der Waals surface area contributed by atoms with Crippen molar-refractivity contribution in [3.05, 3.63) is 96.8 Å². The fourth-order valence-corrected chi connectivity index (χ4v) is 2.82. The summed E-state index contributed by atoms with van der Waals surface area (Å²) >= 11 is 0. The molecule has 6 heteroatoms. The Labute approximate surface area is 174 Å². The topological polar surface area (TPSA) is 73.3 Å². The third kappa shape index (κ3) is 4.62. The number of hydrogen-bond acceptors (Lipinski definition) is 5. The third-order valence-electron chi connectivity index (χ3n) is 4.35. The molecule has 0 aliphatic heterocycles. The van der Waals surface area contributed by atoms with Crippen molar-refractivity contribution in [2.75, 3.05) is 12.4 Å². The number of hydrogen-bond donors (Lipinski definition) is 1. The second-order valence-electron chi connectivity index (χ2n) is 6.41. The minimum Gasteiger partial charge on any atom is -0.481 e. The van der Waals surface area contributed by atoms with Gasteiger partial charge in [0.15, 0.2) is 0 Å². The van der Waals surface area contributed by atoms with E-state index in [0.29, 0.717) is 28.6 Å². The maximum absolute atomic E-state index is 12.7. The fraction of sp³-hybridized carbons (Fsp3) is 0.0417. The smallest absolute Gasteiger partial charge is 0.255 e. The Morgan fingerprint density at radius 2 is 1.63 bits per heavy atom. The van der Waals surface area contributed by atoms with E-state index in [1.54, 1.807) is 49.8 Å². The molecule has 0 unspecified atom stereocenters. The molecule has 0 fully saturated rings. The molecule has 2 aromatic carbocycles. The lowest BCUT2D eigenvalue weighted by Gasteiger charge is -2.09. The molecule has 4 rings (SSSR count). The zero-order valence-corrected chi connectivity index (χ0v) is 16.3. The highest BCUT2D eigenvalue weighted by molar-refractivity contribution is 6.04. The van der Waals surface area contributed by atoms with Gasteiger partial charge in [-0.2, -0.15) is 0 Å². The Bertz CT molecular complexity index is 1130. The van der Waals surface area contributed by atoms with E-state index in [2.05, 4.69) is 15.3 Å². The normalized spacial score (nSPS) is 10.3. The molecule has 6 nitrogen and oxygen atoms in total. The summed E-state index contributed by atoms with van der Waals surface area (Å²) in [6, 6.07) is 23.7. The molecule has 2 heterocycles. The number of nitrogens with zero attached hydrogens (tertiary/aromatic N) is 2. The van der Waals surface area contributed by atoms with Crippen LogP contribution in [0.25, 0.3) is 11.3 Å². The van der Waals surface area contributed by atoms with Crippen LogP contribution in [0.2, 0.25) is 0 Å². The summed E-state index contributed by atoms with van der Waals surface area (Å²) in [5, 5.41) is 2.89. The molecule has 2 aromatic heterocycles. The summed E-state index contributed by atoms with van der Waals surface area (Å²) in [5.74, 6) is 1.74. The van der Waals surface area contributed by atoms with Gasteiger partial charge in [-0.05, 0) is 54.6 Å². The van der Waals surface area contributed by atoms with Crippen LogP contribution >= 0.6 is 0 Å². The number of ether oxygens (including phenoxy) is 2. The van der Waals surface area contributed by atoms with Gasteiger partial charge in [0.05, 0.1) is 12.8 Å². The number of para-hydroxylation sites is 1. The molecule has 4 aromatic rings. The highest BCUT2D eigenvalue weighted by Gasteiger charge is 2.09. The second kappa shape index (κ2) is 8.87. The number of rotatable bonds is 6. The Morgan fingerprint density at radius 3 is 2.33 bits per heavy atom. The molecule has 1 N–H and O–H groups in total. The molecule has 0 bridgehead atoms. The standard InChI is InChI=1S/C24H19N3O3/c1-29-23-12-7-18(16-26-23)22-15-17(13-14-25-22)24(28)27-19-8-10-21(11-9-19)30-20-5-3-2-4-6-20/h2-16H,1H3,(H,27,28). The molecule has 0 radical (unpaired) electrons. The number of nitrogens with one attached hydrogen (secondary N) is 1. The van der Waals surface area contributed by atoms with Crippen LogP contribution < -0.4 is 14.8 Å². The third-order valence-corrected chi connectivity index (χ3v) is 4.35. The van der Waals surface area contributed by atoms with Gasteiger partial charge in [-0.3, -0.25) is 9.78 Å². The molecule has 0 saturated carbocycles. The number of aromatic nitrogens is 2. The number of carbonyl (C=O) groups is 1. The first-order chi connectivity index (χ1) is 14.7. The van der Waals surface area contributed by atoms with E-state index >= 15 is 0 Å². The molecule has 1 amide bonds. The van der Waals surface area contributed by atoms with Gasteiger partial charge in [0.1, 0.15) is 11.5 Å². The summed E-state index contributed by atoms with van der Waals surface area (Å²) in [7, 11) is 1.56. The summed E-state index contributed by atoms with van der Waals surface area (Å²) in [6.45, 7) is 0. The van der Waals surface area contributed by atoms with Crippen molar-refractivity contribution in [3.63, 3.8) is 0 Å². The van der Waals surface area contributed by atoms with E-state index in [1.165, 1.54) is 0 Å². The van der Waals surface area contributed by atoms with Gasteiger partial charge in [0.25, 0.3) is 5.91 Å².